The molecule has 6 heteroatoms. The summed E-state index contributed by atoms with van der Waals surface area (Å²) in [5.74, 6) is -0.322. The molecule has 0 aliphatic carbocycles. The lowest BCUT2D eigenvalue weighted by atomic mass is 10.1. The number of hydrogen-bond donors (Lipinski definition) is 1. The number of oxazole rings is 1. The summed E-state index contributed by atoms with van der Waals surface area (Å²) in [6.07, 6.45) is 0.878. The summed E-state index contributed by atoms with van der Waals surface area (Å²) in [6, 6.07) is 9.13. The molecule has 2 aromatic heterocycles. The average Bonchev–Trinajstić information content (AvgIpc) is 3.02. The lowest BCUT2D eigenvalue weighted by molar-refractivity contribution is 0.502. The van der Waals surface area contributed by atoms with Crippen LogP contribution in [0.3, 0.4) is 0 Å². The third-order valence-corrected chi connectivity index (χ3v) is 4.71. The van der Waals surface area contributed by atoms with E-state index in [0.717, 1.165) is 22.4 Å². The number of nitrogens with zero attached hydrogens (tertiary/aromatic N) is 1. The fourth-order valence-corrected chi connectivity index (χ4v) is 3.46. The van der Waals surface area contributed by atoms with Crippen LogP contribution in [0.2, 0.25) is 4.34 Å². The molecule has 0 aliphatic heterocycles. The lowest BCUT2D eigenvalue weighted by Crippen LogP contribution is -2.13. The Kier molecular flexibility index (Phi) is 3.89. The van der Waals surface area contributed by atoms with Crippen LogP contribution in [0.25, 0.3) is 11.1 Å². The second-order valence-electron chi connectivity index (χ2n) is 4.87. The molecular formula is C15H15ClN2O2S. The Hall–Kier alpha value is -1.56. The first-order valence-electron chi connectivity index (χ1n) is 6.74. The minimum absolute atomic E-state index is 0.272. The van der Waals surface area contributed by atoms with E-state index in [4.69, 9.17) is 21.8 Å². The van der Waals surface area contributed by atoms with E-state index < -0.39 is 0 Å². The minimum Gasteiger partial charge on any atom is -0.408 e. The Labute approximate surface area is 130 Å². The normalized spacial score (nSPS) is 12.9. The Bertz CT molecular complexity index is 834. The van der Waals surface area contributed by atoms with Gasteiger partial charge in [0.15, 0.2) is 5.58 Å². The number of hydrogen-bond acceptors (Lipinski definition) is 4. The van der Waals surface area contributed by atoms with Crippen LogP contribution < -0.4 is 11.5 Å². The number of aryl methyl sites for hydroxylation is 1. The van der Waals surface area contributed by atoms with Gasteiger partial charge in [0.1, 0.15) is 0 Å². The first kappa shape index (κ1) is 14.4. The second-order valence-corrected chi connectivity index (χ2v) is 6.61. The maximum atomic E-state index is 11.8. The van der Waals surface area contributed by atoms with Crippen LogP contribution in [-0.4, -0.2) is 4.57 Å². The van der Waals surface area contributed by atoms with E-state index in [1.807, 2.05) is 37.3 Å². The van der Waals surface area contributed by atoms with Gasteiger partial charge in [0.2, 0.25) is 0 Å². The quantitative estimate of drug-likeness (QED) is 0.795. The number of benzene rings is 1. The molecule has 3 aromatic rings. The highest BCUT2D eigenvalue weighted by Crippen LogP contribution is 2.30. The van der Waals surface area contributed by atoms with Crippen LogP contribution in [0.4, 0.5) is 0 Å². The van der Waals surface area contributed by atoms with Crippen molar-refractivity contribution < 1.29 is 4.42 Å². The summed E-state index contributed by atoms with van der Waals surface area (Å²) in [7, 11) is 0. The van der Waals surface area contributed by atoms with Crippen molar-refractivity contribution in [2.24, 2.45) is 5.73 Å². The highest BCUT2D eigenvalue weighted by atomic mass is 35.5. The van der Waals surface area contributed by atoms with Crippen molar-refractivity contribution in [1.82, 2.24) is 4.57 Å². The number of nitrogens with two attached hydrogens (primary N) is 1. The van der Waals surface area contributed by atoms with Gasteiger partial charge in [0, 0.05) is 11.4 Å². The van der Waals surface area contributed by atoms with Crippen LogP contribution in [0.1, 0.15) is 29.8 Å². The third-order valence-electron chi connectivity index (χ3n) is 3.40. The van der Waals surface area contributed by atoms with Gasteiger partial charge in [0.05, 0.1) is 15.9 Å². The zero-order valence-electron chi connectivity index (χ0n) is 11.5. The molecule has 2 heterocycles. The van der Waals surface area contributed by atoms with Crippen molar-refractivity contribution in [3.8, 4) is 0 Å². The maximum absolute atomic E-state index is 11.8. The second kappa shape index (κ2) is 5.67. The molecule has 0 saturated heterocycles. The summed E-state index contributed by atoms with van der Waals surface area (Å²) in [5, 5.41) is 0. The Morgan fingerprint density at radius 3 is 2.86 bits per heavy atom. The molecular weight excluding hydrogens is 308 g/mol. The topological polar surface area (TPSA) is 61.2 Å². The third kappa shape index (κ3) is 2.64. The molecule has 2 N–H and O–H groups in total. The van der Waals surface area contributed by atoms with Gasteiger partial charge in [-0.25, -0.2) is 4.79 Å². The van der Waals surface area contributed by atoms with Gasteiger partial charge in [-0.15, -0.1) is 11.3 Å². The van der Waals surface area contributed by atoms with Gasteiger partial charge < -0.3 is 10.2 Å². The van der Waals surface area contributed by atoms with Crippen molar-refractivity contribution in [1.29, 1.82) is 0 Å². The van der Waals surface area contributed by atoms with Crippen LogP contribution in [0.15, 0.2) is 39.5 Å². The number of halogens is 1. The zero-order chi connectivity index (χ0) is 15.0. The summed E-state index contributed by atoms with van der Waals surface area (Å²) in [4.78, 5) is 12.8. The van der Waals surface area contributed by atoms with Gasteiger partial charge in [-0.3, -0.25) is 4.57 Å². The van der Waals surface area contributed by atoms with Crippen molar-refractivity contribution >= 4 is 34.0 Å². The molecule has 0 amide bonds. The van der Waals surface area contributed by atoms with E-state index >= 15 is 0 Å². The van der Waals surface area contributed by atoms with Gasteiger partial charge in [-0.1, -0.05) is 24.6 Å². The predicted octanol–water partition coefficient (Wildman–Crippen LogP) is 3.77. The molecule has 0 fully saturated rings. The molecule has 0 aliphatic rings. The van der Waals surface area contributed by atoms with Crippen LogP contribution in [0.5, 0.6) is 0 Å². The maximum Gasteiger partial charge on any atom is 0.419 e. The number of thiophene rings is 1. The van der Waals surface area contributed by atoms with Crippen molar-refractivity contribution in [3.05, 3.63) is 55.7 Å². The average molecular weight is 323 g/mol. The summed E-state index contributed by atoms with van der Waals surface area (Å²) >= 11 is 7.40. The number of fused-ring (bicyclic) bond motifs is 1. The molecule has 0 radical (unpaired) electrons. The van der Waals surface area contributed by atoms with Crippen LogP contribution in [-0.2, 0) is 6.54 Å². The van der Waals surface area contributed by atoms with Gasteiger partial charge in [-0.05, 0) is 36.2 Å². The fraction of sp³-hybridized carbons (Fsp3) is 0.267. The molecule has 4 nitrogen and oxygen atoms in total. The standard InChI is InChI=1S/C15H15ClN2O2S/c1-2-7-18-10-4-3-9(8-11(10)20-15(18)19)14(17)12-5-6-13(16)21-12/h3-6,8,14H,2,7,17H2,1H3. The first-order valence-corrected chi connectivity index (χ1v) is 7.93. The van der Waals surface area contributed by atoms with Crippen LogP contribution >= 0.6 is 22.9 Å². The summed E-state index contributed by atoms with van der Waals surface area (Å²) in [5.41, 5.74) is 8.53. The zero-order valence-corrected chi connectivity index (χ0v) is 13.1. The Morgan fingerprint density at radius 1 is 1.38 bits per heavy atom. The Morgan fingerprint density at radius 2 is 2.19 bits per heavy atom. The molecule has 1 aromatic carbocycles. The molecule has 21 heavy (non-hydrogen) atoms. The molecule has 1 atom stereocenters. The molecule has 3 rings (SSSR count). The van der Waals surface area contributed by atoms with E-state index in [-0.39, 0.29) is 11.8 Å². The van der Waals surface area contributed by atoms with E-state index in [9.17, 15) is 4.79 Å². The van der Waals surface area contributed by atoms with E-state index in [2.05, 4.69) is 0 Å². The van der Waals surface area contributed by atoms with E-state index in [1.54, 1.807) is 4.57 Å². The highest BCUT2D eigenvalue weighted by Gasteiger charge is 2.15. The largest absolute Gasteiger partial charge is 0.419 e. The van der Waals surface area contributed by atoms with Gasteiger partial charge >= 0.3 is 5.76 Å². The molecule has 1 unspecified atom stereocenters. The van der Waals surface area contributed by atoms with E-state index in [1.165, 1.54) is 11.3 Å². The molecule has 110 valence electrons. The smallest absolute Gasteiger partial charge is 0.408 e. The van der Waals surface area contributed by atoms with E-state index in [0.29, 0.717) is 16.5 Å². The van der Waals surface area contributed by atoms with Crippen molar-refractivity contribution in [3.63, 3.8) is 0 Å². The lowest BCUT2D eigenvalue weighted by Gasteiger charge is -2.09. The first-order chi connectivity index (χ1) is 10.1. The predicted molar refractivity (Wildman–Crippen MR) is 86.1 cm³/mol. The monoisotopic (exact) mass is 322 g/mol. The van der Waals surface area contributed by atoms with Crippen LogP contribution in [0, 0.1) is 0 Å². The Balaban J connectivity index is 2.03. The summed E-state index contributed by atoms with van der Waals surface area (Å²) < 4.78 is 7.67. The number of aromatic nitrogens is 1. The molecule has 0 bridgehead atoms. The van der Waals surface area contributed by atoms with Gasteiger partial charge in [-0.2, -0.15) is 0 Å². The minimum atomic E-state index is -0.322. The number of rotatable bonds is 4. The van der Waals surface area contributed by atoms with Crippen molar-refractivity contribution in [2.45, 2.75) is 25.9 Å². The van der Waals surface area contributed by atoms with Crippen molar-refractivity contribution in [2.75, 3.05) is 0 Å². The SMILES string of the molecule is CCCn1c(=O)oc2cc(C(N)c3ccc(Cl)s3)ccc21. The highest BCUT2D eigenvalue weighted by molar-refractivity contribution is 7.16. The fourth-order valence-electron chi connectivity index (χ4n) is 2.37. The van der Waals surface area contributed by atoms with Gasteiger partial charge in [0.25, 0.3) is 0 Å². The summed E-state index contributed by atoms with van der Waals surface area (Å²) in [6.45, 7) is 2.67. The molecule has 0 spiro atoms. The molecule has 0 saturated carbocycles.